The Balaban J connectivity index is 0.00000220. The van der Waals surface area contributed by atoms with Crippen molar-refractivity contribution in [1.82, 2.24) is 5.32 Å². The maximum absolute atomic E-state index is 12.9. The van der Waals surface area contributed by atoms with Crippen LogP contribution < -0.4 is 10.2 Å². The maximum atomic E-state index is 12.9. The fraction of sp³-hybridized carbons (Fsp3) is 0.562. The van der Waals surface area contributed by atoms with Crippen LogP contribution in [-0.4, -0.2) is 39.8 Å². The summed E-state index contributed by atoms with van der Waals surface area (Å²) in [6.45, 7) is 4.28. The van der Waals surface area contributed by atoms with Crippen molar-refractivity contribution in [3.8, 4) is 0 Å². The number of halogens is 1. The van der Waals surface area contributed by atoms with Crippen molar-refractivity contribution in [1.29, 1.82) is 0 Å². The Labute approximate surface area is 133 Å². The van der Waals surface area contributed by atoms with Crippen molar-refractivity contribution in [3.05, 3.63) is 29.8 Å². The van der Waals surface area contributed by atoms with Crippen LogP contribution in [0, 0.1) is 12.3 Å². The summed E-state index contributed by atoms with van der Waals surface area (Å²) in [6, 6.07) is 8.05. The molecule has 1 aromatic carbocycles. The molecule has 4 nitrogen and oxygen atoms in total. The van der Waals surface area contributed by atoms with Gasteiger partial charge in [-0.15, -0.1) is 12.4 Å². The second-order valence-electron chi connectivity index (χ2n) is 5.66. The molecular formula is C16H25ClN2O2. The highest BCUT2D eigenvalue weighted by molar-refractivity contribution is 5.97. The highest BCUT2D eigenvalue weighted by Crippen LogP contribution is 2.32. The molecule has 0 bridgehead atoms. The molecule has 1 saturated heterocycles. The summed E-state index contributed by atoms with van der Waals surface area (Å²) in [5, 5.41) is 3.31. The number of ether oxygens (including phenoxy) is 1. The molecule has 0 aliphatic carbocycles. The van der Waals surface area contributed by atoms with E-state index in [2.05, 4.69) is 5.32 Å². The van der Waals surface area contributed by atoms with Gasteiger partial charge in [0.2, 0.25) is 5.91 Å². The first kappa shape index (κ1) is 18.0. The number of aryl methyl sites for hydroxylation is 1. The molecule has 1 heterocycles. The first-order valence-corrected chi connectivity index (χ1v) is 7.13. The van der Waals surface area contributed by atoms with E-state index in [1.165, 1.54) is 5.56 Å². The van der Waals surface area contributed by atoms with E-state index in [0.717, 1.165) is 31.6 Å². The number of benzene rings is 1. The van der Waals surface area contributed by atoms with Crippen LogP contribution in [0.5, 0.6) is 0 Å². The van der Waals surface area contributed by atoms with Gasteiger partial charge in [-0.1, -0.05) is 17.7 Å². The molecule has 118 valence electrons. The second-order valence-corrected chi connectivity index (χ2v) is 5.66. The van der Waals surface area contributed by atoms with E-state index in [4.69, 9.17) is 4.74 Å². The van der Waals surface area contributed by atoms with Crippen LogP contribution in [0.3, 0.4) is 0 Å². The molecule has 1 amide bonds. The van der Waals surface area contributed by atoms with Gasteiger partial charge >= 0.3 is 0 Å². The van der Waals surface area contributed by atoms with Crippen molar-refractivity contribution in [2.24, 2.45) is 5.41 Å². The quantitative estimate of drug-likeness (QED) is 0.928. The van der Waals surface area contributed by atoms with Gasteiger partial charge in [-0.25, -0.2) is 0 Å². The van der Waals surface area contributed by atoms with Gasteiger partial charge in [0.05, 0.1) is 12.0 Å². The molecular weight excluding hydrogens is 288 g/mol. The van der Waals surface area contributed by atoms with Crippen molar-refractivity contribution in [3.63, 3.8) is 0 Å². The zero-order valence-electron chi connectivity index (χ0n) is 13.0. The Bertz CT molecular complexity index is 450. The van der Waals surface area contributed by atoms with Gasteiger partial charge in [-0.2, -0.15) is 0 Å². The van der Waals surface area contributed by atoms with Gasteiger partial charge in [-0.05, 0) is 45.0 Å². The van der Waals surface area contributed by atoms with Crippen LogP contribution in [0.2, 0.25) is 0 Å². The minimum atomic E-state index is -0.389. The SMILES string of the molecule is COCC1(C(=O)N(C)c2ccc(C)cc2)CCNCC1.Cl. The smallest absolute Gasteiger partial charge is 0.235 e. The Hall–Kier alpha value is -1.10. The number of carbonyl (C=O) groups is 1. The molecule has 0 spiro atoms. The average Bonchev–Trinajstić information content (AvgIpc) is 2.48. The van der Waals surface area contributed by atoms with Crippen LogP contribution in [0.15, 0.2) is 24.3 Å². The van der Waals surface area contributed by atoms with Crippen molar-refractivity contribution in [2.75, 3.05) is 38.8 Å². The van der Waals surface area contributed by atoms with Gasteiger partial charge < -0.3 is 15.0 Å². The molecule has 21 heavy (non-hydrogen) atoms. The molecule has 1 fully saturated rings. The molecule has 1 aromatic rings. The van der Waals surface area contributed by atoms with Crippen LogP contribution in [0.1, 0.15) is 18.4 Å². The lowest BCUT2D eigenvalue weighted by atomic mass is 9.78. The molecule has 0 unspecified atom stereocenters. The molecule has 0 aromatic heterocycles. The number of hydrogen-bond acceptors (Lipinski definition) is 3. The maximum Gasteiger partial charge on any atom is 0.235 e. The molecule has 0 saturated carbocycles. The van der Waals surface area contributed by atoms with Crippen LogP contribution in [0.25, 0.3) is 0 Å². The van der Waals surface area contributed by atoms with Gasteiger partial charge in [-0.3, -0.25) is 4.79 Å². The Morgan fingerprint density at radius 2 is 1.86 bits per heavy atom. The van der Waals surface area contributed by atoms with E-state index < -0.39 is 0 Å². The third kappa shape index (κ3) is 3.96. The number of amides is 1. The van der Waals surface area contributed by atoms with E-state index in [0.29, 0.717) is 6.61 Å². The monoisotopic (exact) mass is 312 g/mol. The summed E-state index contributed by atoms with van der Waals surface area (Å²) in [5.74, 6) is 0.157. The third-order valence-corrected chi connectivity index (χ3v) is 4.16. The molecule has 2 rings (SSSR count). The largest absolute Gasteiger partial charge is 0.384 e. The van der Waals surface area contributed by atoms with E-state index in [9.17, 15) is 4.79 Å². The summed E-state index contributed by atoms with van der Waals surface area (Å²) < 4.78 is 5.34. The number of rotatable bonds is 4. The Kier molecular flexibility index (Phi) is 6.65. The first-order valence-electron chi connectivity index (χ1n) is 7.13. The summed E-state index contributed by atoms with van der Waals surface area (Å²) in [6.07, 6.45) is 1.66. The third-order valence-electron chi connectivity index (χ3n) is 4.16. The van der Waals surface area contributed by atoms with E-state index in [1.807, 2.05) is 38.2 Å². The predicted octanol–water partition coefficient (Wildman–Crippen LogP) is 2.40. The fourth-order valence-electron chi connectivity index (χ4n) is 2.84. The standard InChI is InChI=1S/C16H24N2O2.ClH/c1-13-4-6-14(7-5-13)18(2)15(19)16(12-20-3)8-10-17-11-9-16;/h4-7,17H,8-12H2,1-3H3;1H. The summed E-state index contributed by atoms with van der Waals surface area (Å²) in [4.78, 5) is 14.7. The number of carbonyl (C=O) groups excluding carboxylic acids is 1. The van der Waals surface area contributed by atoms with Gasteiger partial charge in [0.15, 0.2) is 0 Å². The number of methoxy groups -OCH3 is 1. The highest BCUT2D eigenvalue weighted by Gasteiger charge is 2.41. The lowest BCUT2D eigenvalue weighted by molar-refractivity contribution is -0.133. The minimum absolute atomic E-state index is 0. The summed E-state index contributed by atoms with van der Waals surface area (Å²) in [5.41, 5.74) is 1.75. The van der Waals surface area contributed by atoms with Crippen LogP contribution in [0.4, 0.5) is 5.69 Å². The number of hydrogen-bond donors (Lipinski definition) is 1. The summed E-state index contributed by atoms with van der Waals surface area (Å²) in [7, 11) is 3.52. The number of nitrogens with zero attached hydrogens (tertiary/aromatic N) is 1. The molecule has 1 aliphatic rings. The molecule has 1 N–H and O–H groups in total. The van der Waals surface area contributed by atoms with Crippen molar-refractivity contribution >= 4 is 24.0 Å². The molecule has 1 aliphatic heterocycles. The lowest BCUT2D eigenvalue weighted by Crippen LogP contribution is -2.50. The lowest BCUT2D eigenvalue weighted by Gasteiger charge is -2.38. The Morgan fingerprint density at radius 3 is 2.38 bits per heavy atom. The number of anilines is 1. The van der Waals surface area contributed by atoms with Crippen LogP contribution >= 0.6 is 12.4 Å². The number of piperidine rings is 1. The van der Waals surface area contributed by atoms with Crippen molar-refractivity contribution < 1.29 is 9.53 Å². The number of nitrogens with one attached hydrogen (secondary N) is 1. The highest BCUT2D eigenvalue weighted by atomic mass is 35.5. The summed E-state index contributed by atoms with van der Waals surface area (Å²) >= 11 is 0. The topological polar surface area (TPSA) is 41.6 Å². The Morgan fingerprint density at radius 1 is 1.29 bits per heavy atom. The van der Waals surface area contributed by atoms with Gasteiger partial charge in [0.1, 0.15) is 0 Å². The average molecular weight is 313 g/mol. The van der Waals surface area contributed by atoms with E-state index in [1.54, 1.807) is 12.0 Å². The van der Waals surface area contributed by atoms with Gasteiger partial charge in [0, 0.05) is 19.8 Å². The van der Waals surface area contributed by atoms with E-state index in [-0.39, 0.29) is 23.7 Å². The van der Waals surface area contributed by atoms with E-state index >= 15 is 0 Å². The molecule has 5 heteroatoms. The second kappa shape index (κ2) is 7.78. The van der Waals surface area contributed by atoms with Gasteiger partial charge in [0.25, 0.3) is 0 Å². The fourth-order valence-corrected chi connectivity index (χ4v) is 2.84. The van der Waals surface area contributed by atoms with Crippen LogP contribution in [-0.2, 0) is 9.53 Å². The first-order chi connectivity index (χ1) is 9.59. The normalized spacial score (nSPS) is 16.9. The zero-order chi connectivity index (χ0) is 14.6. The molecule has 0 radical (unpaired) electrons. The van der Waals surface area contributed by atoms with Crippen molar-refractivity contribution in [2.45, 2.75) is 19.8 Å². The minimum Gasteiger partial charge on any atom is -0.384 e. The predicted molar refractivity (Wildman–Crippen MR) is 88.2 cm³/mol. The zero-order valence-corrected chi connectivity index (χ0v) is 13.8. The molecule has 0 atom stereocenters.